The number of pyridine rings is 1. The van der Waals surface area contributed by atoms with Crippen LogP contribution >= 0.6 is 0 Å². The molecule has 0 radical (unpaired) electrons. The molecule has 0 spiro atoms. The van der Waals surface area contributed by atoms with Gasteiger partial charge in [-0.1, -0.05) is 50.1 Å². The molecule has 1 amide bonds. The Morgan fingerprint density at radius 2 is 2.03 bits per heavy atom. The van der Waals surface area contributed by atoms with Crippen LogP contribution in [0.1, 0.15) is 80.0 Å². The van der Waals surface area contributed by atoms with Gasteiger partial charge in [0.25, 0.3) is 5.91 Å². The Morgan fingerprint density at radius 1 is 1.27 bits per heavy atom. The third-order valence-electron chi connectivity index (χ3n) is 5.74. The normalized spacial score (nSPS) is 15.7. The monoisotopic (exact) mass is 414 g/mol. The van der Waals surface area contributed by atoms with E-state index in [-0.39, 0.29) is 24.1 Å². The summed E-state index contributed by atoms with van der Waals surface area (Å²) in [6, 6.07) is 3.25. The van der Waals surface area contributed by atoms with E-state index in [2.05, 4.69) is 15.1 Å². The van der Waals surface area contributed by atoms with Crippen molar-refractivity contribution in [3.63, 3.8) is 0 Å². The zero-order valence-corrected chi connectivity index (χ0v) is 17.7. The third-order valence-corrected chi connectivity index (χ3v) is 5.74. The van der Waals surface area contributed by atoms with Crippen molar-refractivity contribution in [2.24, 2.45) is 5.92 Å². The van der Waals surface area contributed by atoms with E-state index in [1.165, 1.54) is 43.2 Å². The lowest BCUT2D eigenvalue weighted by molar-refractivity contribution is -0.137. The summed E-state index contributed by atoms with van der Waals surface area (Å²) >= 11 is 0. The number of carboxylic acids is 1. The van der Waals surface area contributed by atoms with Crippen LogP contribution in [-0.2, 0) is 4.79 Å². The fourth-order valence-electron chi connectivity index (χ4n) is 4.10. The van der Waals surface area contributed by atoms with Crippen LogP contribution in [0, 0.1) is 5.92 Å². The van der Waals surface area contributed by atoms with Gasteiger partial charge in [0, 0.05) is 31.8 Å². The van der Waals surface area contributed by atoms with Gasteiger partial charge in [0.15, 0.2) is 0 Å². The van der Waals surface area contributed by atoms with Crippen LogP contribution < -0.4 is 0 Å². The summed E-state index contributed by atoms with van der Waals surface area (Å²) in [6.07, 6.45) is 10.8. The smallest absolute Gasteiger partial charge is 0.304 e. The second-order valence-electron chi connectivity index (χ2n) is 8.32. The van der Waals surface area contributed by atoms with E-state index < -0.39 is 5.97 Å². The van der Waals surface area contributed by atoms with Crippen molar-refractivity contribution in [3.05, 3.63) is 29.8 Å². The van der Waals surface area contributed by atoms with Gasteiger partial charge in [-0.15, -0.1) is 0 Å². The maximum atomic E-state index is 12.2. The Morgan fingerprint density at radius 3 is 2.73 bits per heavy atom. The predicted octanol–water partition coefficient (Wildman–Crippen LogP) is 4.14. The molecule has 1 aliphatic rings. The zero-order valence-electron chi connectivity index (χ0n) is 17.7. The summed E-state index contributed by atoms with van der Waals surface area (Å²) < 4.78 is 5.41. The van der Waals surface area contributed by atoms with Gasteiger partial charge in [0.1, 0.15) is 5.69 Å². The number of carboxylic acid groups (broad SMARTS) is 1. The molecular weight excluding hydrogens is 384 g/mol. The highest BCUT2D eigenvalue weighted by Crippen LogP contribution is 2.31. The minimum atomic E-state index is -0.880. The summed E-state index contributed by atoms with van der Waals surface area (Å²) in [6.45, 7) is 0. The minimum absolute atomic E-state index is 0.0428. The number of carbonyl (C=O) groups excluding carboxylic acids is 1. The number of rotatable bonds is 9. The van der Waals surface area contributed by atoms with Crippen LogP contribution in [-0.4, -0.2) is 51.1 Å². The van der Waals surface area contributed by atoms with E-state index in [4.69, 9.17) is 4.52 Å². The maximum Gasteiger partial charge on any atom is 0.304 e. The molecule has 1 N–H and O–H groups in total. The van der Waals surface area contributed by atoms with Crippen LogP contribution in [0.3, 0.4) is 0 Å². The number of aliphatic carboxylic acids is 1. The van der Waals surface area contributed by atoms with E-state index in [0.29, 0.717) is 23.6 Å². The van der Waals surface area contributed by atoms with Crippen molar-refractivity contribution in [1.82, 2.24) is 20.0 Å². The summed E-state index contributed by atoms with van der Waals surface area (Å²) in [5, 5.41) is 13.3. The van der Waals surface area contributed by atoms with Crippen molar-refractivity contribution in [1.29, 1.82) is 0 Å². The first kappa shape index (κ1) is 21.9. The van der Waals surface area contributed by atoms with Gasteiger partial charge in [0.05, 0.1) is 6.42 Å². The largest absolute Gasteiger partial charge is 0.481 e. The fraction of sp³-hybridized carbons (Fsp3) is 0.591. The molecule has 1 saturated carbocycles. The second kappa shape index (κ2) is 10.3. The van der Waals surface area contributed by atoms with Crippen LogP contribution in [0.25, 0.3) is 11.5 Å². The van der Waals surface area contributed by atoms with E-state index in [1.54, 1.807) is 26.2 Å². The van der Waals surface area contributed by atoms with E-state index >= 15 is 0 Å². The van der Waals surface area contributed by atoms with Gasteiger partial charge in [-0.05, 0) is 24.5 Å². The Bertz CT molecular complexity index is 858. The number of nitrogens with zero attached hydrogens (tertiary/aromatic N) is 4. The van der Waals surface area contributed by atoms with Crippen LogP contribution in [0.15, 0.2) is 22.9 Å². The Balaban J connectivity index is 1.69. The maximum absolute atomic E-state index is 12.2. The Kier molecular flexibility index (Phi) is 7.54. The van der Waals surface area contributed by atoms with Gasteiger partial charge >= 0.3 is 5.97 Å². The summed E-state index contributed by atoms with van der Waals surface area (Å²) in [7, 11) is 3.36. The van der Waals surface area contributed by atoms with Gasteiger partial charge in [-0.25, -0.2) is 0 Å². The highest BCUT2D eigenvalue weighted by molar-refractivity contribution is 5.94. The first-order valence-corrected chi connectivity index (χ1v) is 10.7. The number of carbonyl (C=O) groups is 2. The number of hydrogen-bond donors (Lipinski definition) is 1. The van der Waals surface area contributed by atoms with Gasteiger partial charge in [-0.3, -0.25) is 14.6 Å². The molecule has 0 aromatic carbocycles. The number of amides is 1. The van der Waals surface area contributed by atoms with Crippen molar-refractivity contribution in [2.45, 2.75) is 63.7 Å². The molecule has 1 atom stereocenters. The summed E-state index contributed by atoms with van der Waals surface area (Å²) in [5.74, 6) is -0.00575. The molecule has 1 aliphatic carbocycles. The first-order chi connectivity index (χ1) is 14.4. The Hall–Kier alpha value is -2.77. The summed E-state index contributed by atoms with van der Waals surface area (Å²) in [4.78, 5) is 33.7. The lowest BCUT2D eigenvalue weighted by atomic mass is 9.84. The second-order valence-corrected chi connectivity index (χ2v) is 8.32. The molecule has 0 unspecified atom stereocenters. The standard InChI is InChI=1S/C22H30N4O4/c1-26(2)22(29)17-11-12-23-18(13-17)20-24-21(30-25-20)16(14-19(27)28)10-6-9-15-7-4-3-5-8-15/h11-13,15-16H,3-10,14H2,1-2H3,(H,27,28)/t16-/m1/s1. The summed E-state index contributed by atoms with van der Waals surface area (Å²) in [5.41, 5.74) is 0.903. The zero-order chi connectivity index (χ0) is 21.5. The molecule has 2 heterocycles. The average Bonchev–Trinajstić information content (AvgIpc) is 3.23. The highest BCUT2D eigenvalue weighted by Gasteiger charge is 2.24. The lowest BCUT2D eigenvalue weighted by Crippen LogP contribution is -2.21. The molecule has 2 aromatic rings. The van der Waals surface area contributed by atoms with Crippen LogP contribution in [0.4, 0.5) is 0 Å². The molecule has 8 heteroatoms. The molecule has 1 fully saturated rings. The van der Waals surface area contributed by atoms with E-state index in [9.17, 15) is 14.7 Å². The molecule has 2 aromatic heterocycles. The van der Waals surface area contributed by atoms with Crippen LogP contribution in [0.2, 0.25) is 0 Å². The van der Waals surface area contributed by atoms with Crippen molar-refractivity contribution in [2.75, 3.05) is 14.1 Å². The molecule has 8 nitrogen and oxygen atoms in total. The average molecular weight is 415 g/mol. The molecule has 0 bridgehead atoms. The third kappa shape index (κ3) is 5.87. The topological polar surface area (TPSA) is 109 Å². The van der Waals surface area contributed by atoms with Crippen LogP contribution in [0.5, 0.6) is 0 Å². The van der Waals surface area contributed by atoms with E-state index in [0.717, 1.165) is 18.8 Å². The van der Waals surface area contributed by atoms with Gasteiger partial charge < -0.3 is 14.5 Å². The molecule has 0 saturated heterocycles. The highest BCUT2D eigenvalue weighted by atomic mass is 16.5. The van der Waals surface area contributed by atoms with Crippen molar-refractivity contribution >= 4 is 11.9 Å². The molecule has 162 valence electrons. The predicted molar refractivity (Wildman–Crippen MR) is 111 cm³/mol. The van der Waals surface area contributed by atoms with Gasteiger partial charge in [0.2, 0.25) is 11.7 Å². The Labute approximate surface area is 176 Å². The van der Waals surface area contributed by atoms with E-state index in [1.807, 2.05) is 0 Å². The van der Waals surface area contributed by atoms with Crippen molar-refractivity contribution in [3.8, 4) is 11.5 Å². The minimum Gasteiger partial charge on any atom is -0.481 e. The number of aromatic nitrogens is 3. The molecule has 3 rings (SSSR count). The number of hydrogen-bond acceptors (Lipinski definition) is 6. The molecular formula is C22H30N4O4. The first-order valence-electron chi connectivity index (χ1n) is 10.7. The van der Waals surface area contributed by atoms with Crippen molar-refractivity contribution < 1.29 is 19.2 Å². The fourth-order valence-corrected chi connectivity index (χ4v) is 4.10. The molecule has 0 aliphatic heterocycles. The molecule has 30 heavy (non-hydrogen) atoms. The van der Waals surface area contributed by atoms with Gasteiger partial charge in [-0.2, -0.15) is 4.98 Å². The SMILES string of the molecule is CN(C)C(=O)c1ccnc(-c2noc([C@H](CCCC3CCCCC3)CC(=O)O)n2)c1. The lowest BCUT2D eigenvalue weighted by Gasteiger charge is -2.21. The quantitative estimate of drug-likeness (QED) is 0.656.